The molecule has 23 heavy (non-hydrogen) atoms. The maximum Gasteiger partial charge on any atom is 0.293 e. The van der Waals surface area contributed by atoms with E-state index < -0.39 is 14.8 Å². The summed E-state index contributed by atoms with van der Waals surface area (Å²) in [6.45, 7) is 4.83. The number of sulfone groups is 1. The predicted octanol–water partition coefficient (Wildman–Crippen LogP) is 1.92. The molecule has 0 aromatic heterocycles. The van der Waals surface area contributed by atoms with Gasteiger partial charge in [0.1, 0.15) is 5.69 Å². The molecule has 1 atom stereocenters. The number of hydrogen-bond donors (Lipinski definition) is 0. The zero-order valence-electron chi connectivity index (χ0n) is 13.7. The largest absolute Gasteiger partial charge is 0.367 e. The van der Waals surface area contributed by atoms with Crippen LogP contribution in [0.2, 0.25) is 0 Å². The van der Waals surface area contributed by atoms with Crippen LogP contribution in [-0.4, -0.2) is 57.2 Å². The second-order valence-electron chi connectivity index (χ2n) is 5.98. The molecule has 2 rings (SSSR count). The number of benzene rings is 1. The van der Waals surface area contributed by atoms with Crippen molar-refractivity contribution in [3.63, 3.8) is 0 Å². The summed E-state index contributed by atoms with van der Waals surface area (Å²) in [5.41, 5.74) is 0.279. The molecule has 0 saturated carbocycles. The van der Waals surface area contributed by atoms with E-state index in [0.717, 1.165) is 38.3 Å². The third-order valence-electron chi connectivity index (χ3n) is 4.37. The molecule has 0 bridgehead atoms. The first-order valence-corrected chi connectivity index (χ1v) is 9.57. The van der Waals surface area contributed by atoms with Gasteiger partial charge < -0.3 is 4.90 Å². The molecule has 0 spiro atoms. The fourth-order valence-corrected chi connectivity index (χ4v) is 3.78. The molecule has 0 amide bonds. The van der Waals surface area contributed by atoms with Crippen LogP contribution in [0.5, 0.6) is 0 Å². The van der Waals surface area contributed by atoms with Crippen LogP contribution in [0.25, 0.3) is 0 Å². The Morgan fingerprint density at radius 2 is 2.13 bits per heavy atom. The average molecular weight is 341 g/mol. The van der Waals surface area contributed by atoms with E-state index in [1.54, 1.807) is 0 Å². The molecule has 1 aliphatic rings. The van der Waals surface area contributed by atoms with Crippen molar-refractivity contribution in [2.75, 3.05) is 37.8 Å². The third kappa shape index (κ3) is 4.00. The predicted molar refractivity (Wildman–Crippen MR) is 89.7 cm³/mol. The lowest BCUT2D eigenvalue weighted by Gasteiger charge is -2.28. The van der Waals surface area contributed by atoms with Crippen LogP contribution in [-0.2, 0) is 9.84 Å². The van der Waals surface area contributed by atoms with Gasteiger partial charge in [0.25, 0.3) is 5.69 Å². The summed E-state index contributed by atoms with van der Waals surface area (Å²) >= 11 is 0. The Kier molecular flexibility index (Phi) is 5.26. The highest BCUT2D eigenvalue weighted by Crippen LogP contribution is 2.31. The van der Waals surface area contributed by atoms with Gasteiger partial charge in [0.05, 0.1) is 9.82 Å². The van der Waals surface area contributed by atoms with E-state index in [-0.39, 0.29) is 10.6 Å². The lowest BCUT2D eigenvalue weighted by atomic mass is 10.2. The summed E-state index contributed by atoms with van der Waals surface area (Å²) < 4.78 is 23.2. The molecule has 1 aromatic rings. The van der Waals surface area contributed by atoms with E-state index in [2.05, 4.69) is 11.8 Å². The van der Waals surface area contributed by atoms with Gasteiger partial charge in [-0.15, -0.1) is 0 Å². The normalized spacial score (nSPS) is 19.0. The zero-order valence-corrected chi connectivity index (χ0v) is 14.5. The van der Waals surface area contributed by atoms with E-state index in [4.69, 9.17) is 0 Å². The van der Waals surface area contributed by atoms with Gasteiger partial charge in [-0.05, 0) is 38.1 Å². The highest BCUT2D eigenvalue weighted by atomic mass is 32.2. The van der Waals surface area contributed by atoms with E-state index in [9.17, 15) is 18.5 Å². The molecule has 1 fully saturated rings. The Hall–Kier alpha value is -1.67. The molecule has 1 aliphatic heterocycles. The maximum absolute atomic E-state index is 11.6. The molecule has 8 heteroatoms. The number of likely N-dealkylation sites (tertiary alicyclic amines) is 1. The van der Waals surface area contributed by atoms with Gasteiger partial charge in [0, 0.05) is 32.0 Å². The molecule has 1 saturated heterocycles. The van der Waals surface area contributed by atoms with E-state index in [1.165, 1.54) is 12.1 Å². The Morgan fingerprint density at radius 3 is 2.70 bits per heavy atom. The summed E-state index contributed by atoms with van der Waals surface area (Å²) in [5.74, 6) is 0. The van der Waals surface area contributed by atoms with E-state index in [1.807, 2.05) is 11.9 Å². The number of anilines is 1. The van der Waals surface area contributed by atoms with Gasteiger partial charge in [0.15, 0.2) is 9.84 Å². The molecule has 1 unspecified atom stereocenters. The number of rotatable bonds is 6. The number of nitro groups is 1. The molecule has 0 radical (unpaired) electrons. The Bertz CT molecular complexity index is 690. The number of nitro benzene ring substituents is 1. The number of likely N-dealkylation sites (N-methyl/N-ethyl adjacent to an activating group) is 2. The smallest absolute Gasteiger partial charge is 0.293 e. The first-order chi connectivity index (χ1) is 10.7. The van der Waals surface area contributed by atoms with Crippen LogP contribution in [0.4, 0.5) is 11.4 Å². The highest BCUT2D eigenvalue weighted by Gasteiger charge is 2.27. The Balaban J connectivity index is 2.29. The van der Waals surface area contributed by atoms with Crippen LogP contribution in [0.1, 0.15) is 19.8 Å². The SMILES string of the molecule is CCN1CCCC1CN(C)c1ccc(S(C)(=O)=O)cc1[N+](=O)[O-]. The second-order valence-corrected chi connectivity index (χ2v) is 8.00. The highest BCUT2D eigenvalue weighted by molar-refractivity contribution is 7.90. The van der Waals surface area contributed by atoms with Crippen molar-refractivity contribution in [2.45, 2.75) is 30.7 Å². The minimum Gasteiger partial charge on any atom is -0.367 e. The van der Waals surface area contributed by atoms with Gasteiger partial charge in [0.2, 0.25) is 0 Å². The fraction of sp³-hybridized carbons (Fsp3) is 0.600. The maximum atomic E-state index is 11.6. The first kappa shape index (κ1) is 17.7. The number of nitrogens with zero attached hydrogens (tertiary/aromatic N) is 3. The van der Waals surface area contributed by atoms with E-state index in [0.29, 0.717) is 18.3 Å². The van der Waals surface area contributed by atoms with Gasteiger partial charge in [-0.3, -0.25) is 15.0 Å². The Morgan fingerprint density at radius 1 is 1.43 bits per heavy atom. The fourth-order valence-electron chi connectivity index (χ4n) is 3.14. The average Bonchev–Trinajstić information content (AvgIpc) is 2.92. The topological polar surface area (TPSA) is 83.8 Å². The van der Waals surface area contributed by atoms with Crippen molar-refractivity contribution in [3.8, 4) is 0 Å². The van der Waals surface area contributed by atoms with Gasteiger partial charge in [-0.2, -0.15) is 0 Å². The lowest BCUT2D eigenvalue weighted by Crippen LogP contribution is -2.38. The molecule has 7 nitrogen and oxygen atoms in total. The van der Waals surface area contributed by atoms with Crippen LogP contribution in [0.3, 0.4) is 0 Å². The van der Waals surface area contributed by atoms with Gasteiger partial charge in [-0.25, -0.2) is 8.42 Å². The van der Waals surface area contributed by atoms with Crippen LogP contribution >= 0.6 is 0 Å². The van der Waals surface area contributed by atoms with E-state index >= 15 is 0 Å². The second kappa shape index (κ2) is 6.84. The lowest BCUT2D eigenvalue weighted by molar-refractivity contribution is -0.384. The van der Waals surface area contributed by atoms with Crippen LogP contribution < -0.4 is 4.90 Å². The van der Waals surface area contributed by atoms with Crippen molar-refractivity contribution in [2.24, 2.45) is 0 Å². The van der Waals surface area contributed by atoms with Crippen LogP contribution in [0.15, 0.2) is 23.1 Å². The molecule has 0 aliphatic carbocycles. The van der Waals surface area contributed by atoms with Gasteiger partial charge >= 0.3 is 0 Å². The van der Waals surface area contributed by atoms with Crippen molar-refractivity contribution in [1.29, 1.82) is 0 Å². The molecule has 128 valence electrons. The zero-order chi connectivity index (χ0) is 17.2. The molecular formula is C15H23N3O4S. The standard InChI is InChI=1S/C15H23N3O4S/c1-4-17-9-5-6-12(17)11-16(2)14-8-7-13(23(3,21)22)10-15(14)18(19)20/h7-8,10,12H,4-6,9,11H2,1-3H3. The molecule has 1 aromatic carbocycles. The van der Waals surface area contributed by atoms with Crippen molar-refractivity contribution in [3.05, 3.63) is 28.3 Å². The number of hydrogen-bond acceptors (Lipinski definition) is 6. The summed E-state index contributed by atoms with van der Waals surface area (Å²) in [4.78, 5) is 15.0. The third-order valence-corrected chi connectivity index (χ3v) is 5.48. The monoisotopic (exact) mass is 341 g/mol. The minimum atomic E-state index is -3.47. The quantitative estimate of drug-likeness (QED) is 0.580. The van der Waals surface area contributed by atoms with Gasteiger partial charge in [-0.1, -0.05) is 6.92 Å². The minimum absolute atomic E-state index is 0.0302. The summed E-state index contributed by atoms with van der Waals surface area (Å²) in [5, 5.41) is 11.3. The molecule has 0 N–H and O–H groups in total. The summed E-state index contributed by atoms with van der Waals surface area (Å²) in [7, 11) is -1.65. The molecular weight excluding hydrogens is 318 g/mol. The van der Waals surface area contributed by atoms with Crippen molar-refractivity contribution in [1.82, 2.24) is 4.90 Å². The summed E-state index contributed by atoms with van der Waals surface area (Å²) in [6.07, 6.45) is 3.27. The molecule has 1 heterocycles. The summed E-state index contributed by atoms with van der Waals surface area (Å²) in [6, 6.07) is 4.48. The van der Waals surface area contributed by atoms with Crippen LogP contribution in [0, 0.1) is 10.1 Å². The van der Waals surface area contributed by atoms with Crippen molar-refractivity contribution >= 4 is 21.2 Å². The first-order valence-electron chi connectivity index (χ1n) is 7.67. The Labute approximate surface area is 137 Å². The van der Waals surface area contributed by atoms with Crippen molar-refractivity contribution < 1.29 is 13.3 Å².